The van der Waals surface area contributed by atoms with Crippen molar-refractivity contribution in [1.29, 1.82) is 0 Å². The van der Waals surface area contributed by atoms with Crippen LogP contribution in [0.5, 0.6) is 0 Å². The van der Waals surface area contributed by atoms with Crippen molar-refractivity contribution in [1.82, 2.24) is 10.2 Å². The Kier molecular flexibility index (Phi) is 11.4. The molecular weight excluding hydrogens is 724 g/mol. The maximum absolute atomic E-state index is 14.2. The van der Waals surface area contributed by atoms with Gasteiger partial charge in [0.2, 0.25) is 11.8 Å². The first-order valence-corrected chi connectivity index (χ1v) is 21.7. The predicted molar refractivity (Wildman–Crippen MR) is 219 cm³/mol. The molecule has 0 saturated heterocycles. The molecule has 9 heteroatoms. The van der Waals surface area contributed by atoms with Crippen LogP contribution < -0.4 is 0 Å². The Balaban J connectivity index is 1.27. The zero-order valence-corrected chi connectivity index (χ0v) is 36.7. The van der Waals surface area contributed by atoms with Crippen LogP contribution in [-0.2, 0) is 31.0 Å². The van der Waals surface area contributed by atoms with Crippen LogP contribution in [0.25, 0.3) is 0 Å². The second-order valence-corrected chi connectivity index (χ2v) is 21.0. The molecule has 4 aliphatic rings. The number of carboxylic acid groups (broad SMARTS) is 1. The summed E-state index contributed by atoms with van der Waals surface area (Å²) in [6.45, 7) is 23.8. The molecule has 0 spiro atoms. The molecule has 0 aliphatic heterocycles. The third kappa shape index (κ3) is 7.10. The van der Waals surface area contributed by atoms with Gasteiger partial charge in [0.25, 0.3) is 0 Å². The van der Waals surface area contributed by atoms with E-state index >= 15 is 0 Å². The van der Waals surface area contributed by atoms with Crippen LogP contribution in [0.2, 0.25) is 5.02 Å². The number of carbonyl (C=O) groups is 3. The van der Waals surface area contributed by atoms with Crippen LogP contribution in [-0.4, -0.2) is 39.1 Å². The first kappa shape index (κ1) is 42.6. The average molecular weight is 792 g/mol. The molecule has 3 saturated carbocycles. The van der Waals surface area contributed by atoms with E-state index in [1.54, 1.807) is 13.8 Å². The average Bonchev–Trinajstić information content (AvgIpc) is 3.71. The number of ketones is 1. The van der Waals surface area contributed by atoms with Gasteiger partial charge in [-0.3, -0.25) is 14.4 Å². The maximum atomic E-state index is 14.2. The smallest absolute Gasteiger partial charge is 0.309 e. The molecule has 0 amide bonds. The normalized spacial score (nSPS) is 32.5. The number of carbonyl (C=O) groups excluding carboxylic acids is 2. The second-order valence-electron chi connectivity index (χ2n) is 20.6. The lowest BCUT2D eigenvalue weighted by Crippen LogP contribution is -2.62. The number of halogens is 1. The van der Waals surface area contributed by atoms with E-state index < -0.39 is 22.8 Å². The summed E-state index contributed by atoms with van der Waals surface area (Å²) in [6.07, 6.45) is 9.56. The Bertz CT molecular complexity index is 1860. The van der Waals surface area contributed by atoms with Gasteiger partial charge in [0.05, 0.1) is 17.3 Å². The van der Waals surface area contributed by atoms with Crippen molar-refractivity contribution in [3.63, 3.8) is 0 Å². The molecule has 1 aromatic heterocycles. The van der Waals surface area contributed by atoms with Crippen LogP contribution in [0.3, 0.4) is 0 Å². The molecule has 8 atom stereocenters. The van der Waals surface area contributed by atoms with E-state index in [0.717, 1.165) is 62.5 Å². The van der Waals surface area contributed by atoms with Crippen molar-refractivity contribution >= 4 is 29.3 Å². The zero-order valence-electron chi connectivity index (χ0n) is 35.9. The van der Waals surface area contributed by atoms with Gasteiger partial charge < -0.3 is 14.3 Å². The maximum Gasteiger partial charge on any atom is 0.309 e. The molecule has 56 heavy (non-hydrogen) atoms. The minimum absolute atomic E-state index is 0.0104. The molecule has 308 valence electrons. The number of fused-ring (bicyclic) bond motifs is 5. The molecule has 4 aliphatic carbocycles. The highest BCUT2D eigenvalue weighted by atomic mass is 35.5. The highest BCUT2D eigenvalue weighted by molar-refractivity contribution is 6.30. The minimum Gasteiger partial charge on any atom is -0.481 e. The van der Waals surface area contributed by atoms with Crippen LogP contribution in [0.1, 0.15) is 164 Å². The third-order valence-corrected chi connectivity index (χ3v) is 16.5. The van der Waals surface area contributed by atoms with Gasteiger partial charge in [-0.15, -0.1) is 10.2 Å². The Morgan fingerprint density at radius 3 is 2.30 bits per heavy atom. The zero-order chi connectivity index (χ0) is 41.2. The molecule has 0 radical (unpaired) electrons. The topological polar surface area (TPSA) is 120 Å². The fourth-order valence-corrected chi connectivity index (χ4v) is 12.4. The molecule has 1 heterocycles. The molecule has 1 N–H and O–H groups in total. The number of rotatable bonds is 13. The van der Waals surface area contributed by atoms with Gasteiger partial charge in [-0.2, -0.15) is 0 Å². The second kappa shape index (κ2) is 15.0. The Morgan fingerprint density at radius 1 is 1.00 bits per heavy atom. The van der Waals surface area contributed by atoms with E-state index in [1.165, 1.54) is 5.57 Å². The SMILES string of the molecule is CC[C@H](CC[C@@]1(C)[C@H](C)CC[C@]2(C)[C@@H]1CC[C@@H]1C3=C(C(C)C)C(=O)CC3(Cc3nnc(C(C)(C)c4ccc(Cl)cc4)o3)CC[C@]12C)OC(=O)CC(C)(C)C(=O)O. The summed E-state index contributed by atoms with van der Waals surface area (Å²) in [5.74, 6) is 1.49. The number of hydrogen-bond acceptors (Lipinski definition) is 7. The number of nitrogens with zero attached hydrogens (tertiary/aromatic N) is 2. The van der Waals surface area contributed by atoms with Crippen molar-refractivity contribution in [3.05, 3.63) is 57.8 Å². The molecule has 1 aromatic carbocycles. The van der Waals surface area contributed by atoms with Crippen molar-refractivity contribution in [2.75, 3.05) is 0 Å². The van der Waals surface area contributed by atoms with Gasteiger partial charge in [-0.1, -0.05) is 77.8 Å². The summed E-state index contributed by atoms with van der Waals surface area (Å²) in [5.41, 5.74) is 1.63. The first-order chi connectivity index (χ1) is 26.0. The summed E-state index contributed by atoms with van der Waals surface area (Å²) >= 11 is 6.20. The fourth-order valence-electron chi connectivity index (χ4n) is 12.2. The van der Waals surface area contributed by atoms with Crippen LogP contribution in [0.15, 0.2) is 39.8 Å². The summed E-state index contributed by atoms with van der Waals surface area (Å²) < 4.78 is 12.5. The summed E-state index contributed by atoms with van der Waals surface area (Å²) in [4.78, 5) is 38.8. The van der Waals surface area contributed by atoms with Gasteiger partial charge in [0.1, 0.15) is 6.10 Å². The van der Waals surface area contributed by atoms with Gasteiger partial charge in [-0.25, -0.2) is 0 Å². The highest BCUT2D eigenvalue weighted by Gasteiger charge is 2.67. The Morgan fingerprint density at radius 2 is 1.68 bits per heavy atom. The number of aromatic nitrogens is 2. The number of esters is 1. The number of ether oxygens (including phenoxy) is 1. The van der Waals surface area contributed by atoms with Gasteiger partial charge in [0.15, 0.2) is 5.78 Å². The van der Waals surface area contributed by atoms with Crippen molar-refractivity contribution in [3.8, 4) is 0 Å². The van der Waals surface area contributed by atoms with Crippen molar-refractivity contribution in [2.24, 2.45) is 50.7 Å². The highest BCUT2D eigenvalue weighted by Crippen LogP contribution is 2.75. The van der Waals surface area contributed by atoms with E-state index in [2.05, 4.69) is 72.5 Å². The molecule has 1 unspecified atom stereocenters. The fraction of sp³-hybridized carbons (Fsp3) is 0.723. The van der Waals surface area contributed by atoms with E-state index in [9.17, 15) is 19.5 Å². The molecule has 2 aromatic rings. The number of benzene rings is 1. The largest absolute Gasteiger partial charge is 0.481 e. The number of hydrogen-bond donors (Lipinski definition) is 1. The van der Waals surface area contributed by atoms with Crippen LogP contribution in [0.4, 0.5) is 0 Å². The van der Waals surface area contributed by atoms with E-state index in [4.69, 9.17) is 20.8 Å². The van der Waals surface area contributed by atoms with Crippen molar-refractivity contribution < 1.29 is 28.6 Å². The predicted octanol–water partition coefficient (Wildman–Crippen LogP) is 11.4. The van der Waals surface area contributed by atoms with Crippen molar-refractivity contribution in [2.45, 2.75) is 165 Å². The molecule has 8 nitrogen and oxygen atoms in total. The number of carboxylic acids is 1. The van der Waals surface area contributed by atoms with Crippen LogP contribution >= 0.6 is 11.6 Å². The molecular formula is C47H67ClN2O6. The quantitative estimate of drug-likeness (QED) is 0.199. The number of aliphatic carboxylic acids is 1. The summed E-state index contributed by atoms with van der Waals surface area (Å²) in [5, 5.41) is 19.5. The summed E-state index contributed by atoms with van der Waals surface area (Å²) in [6, 6.07) is 7.79. The van der Waals surface area contributed by atoms with Crippen LogP contribution in [0, 0.1) is 50.7 Å². The van der Waals surface area contributed by atoms with Gasteiger partial charge in [0, 0.05) is 23.3 Å². The van der Waals surface area contributed by atoms with E-state index in [1.807, 2.05) is 24.3 Å². The molecule has 3 fully saturated rings. The Labute approximate surface area is 340 Å². The lowest BCUT2D eigenvalue weighted by Gasteiger charge is -2.69. The summed E-state index contributed by atoms with van der Waals surface area (Å²) in [7, 11) is 0. The standard InChI is InChI=1S/C47H67ClN2O6/c1-12-32(55-37(52)27-42(5,6)41(53)54)20-21-44(9)29(4)19-22-46(11)35(44)18-17-33-39-38(28(2)3)34(51)25-47(39,24-23-45(33,46)10)26-36-49-50-40(56-36)43(7,8)30-13-15-31(48)16-14-30/h13-16,28-29,32-33,35H,12,17-27H2,1-11H3,(H,53,54)/t29-,32-,33-,35-,44+,45-,46-,47?/m1/s1. The first-order valence-electron chi connectivity index (χ1n) is 21.3. The monoisotopic (exact) mass is 790 g/mol. The lowest BCUT2D eigenvalue weighted by atomic mass is 9.35. The van der Waals surface area contributed by atoms with Gasteiger partial charge in [-0.05, 0) is 149 Å². The van der Waals surface area contributed by atoms with E-state index in [0.29, 0.717) is 59.6 Å². The molecule has 0 bridgehead atoms. The number of allylic oxidation sites excluding steroid dienone is 2. The number of Topliss-reactive ketones (excluding diaryl/α,β-unsaturated/α-hetero) is 1. The van der Waals surface area contributed by atoms with E-state index in [-0.39, 0.29) is 40.1 Å². The minimum atomic E-state index is -1.16. The van der Waals surface area contributed by atoms with Gasteiger partial charge >= 0.3 is 11.9 Å². The lowest BCUT2D eigenvalue weighted by molar-refractivity contribution is -0.187. The Hall–Kier alpha value is -3.00. The molecule has 6 rings (SSSR count). The third-order valence-electron chi connectivity index (χ3n) is 16.3.